The fourth-order valence-corrected chi connectivity index (χ4v) is 1.85. The minimum absolute atomic E-state index is 0.308. The first-order chi connectivity index (χ1) is 9.58. The molecule has 0 saturated heterocycles. The highest BCUT2D eigenvalue weighted by Crippen LogP contribution is 2.08. The highest BCUT2D eigenvalue weighted by Gasteiger charge is 2.15. The van der Waals surface area contributed by atoms with Gasteiger partial charge >= 0.3 is 0 Å². The first-order valence-electron chi connectivity index (χ1n) is 6.39. The van der Waals surface area contributed by atoms with Crippen LogP contribution >= 0.6 is 12.2 Å². The van der Waals surface area contributed by atoms with Gasteiger partial charge < -0.3 is 10.1 Å². The summed E-state index contributed by atoms with van der Waals surface area (Å²) in [6, 6.07) is 5.94. The number of methoxy groups -OCH3 is 1. The van der Waals surface area contributed by atoms with Crippen molar-refractivity contribution in [3.8, 4) is 0 Å². The lowest BCUT2D eigenvalue weighted by molar-refractivity contribution is -0.116. The van der Waals surface area contributed by atoms with E-state index >= 15 is 0 Å². The number of hydrogen-bond donors (Lipinski definition) is 1. The molecule has 0 aliphatic heterocycles. The maximum atomic E-state index is 13.4. The van der Waals surface area contributed by atoms with Gasteiger partial charge in [-0.25, -0.2) is 4.39 Å². The second kappa shape index (κ2) is 8.43. The van der Waals surface area contributed by atoms with E-state index in [0.717, 1.165) is 6.42 Å². The summed E-state index contributed by atoms with van der Waals surface area (Å²) in [6.45, 7) is 1.99. The molecule has 0 fully saturated rings. The molecule has 1 aromatic carbocycles. The molecule has 5 heteroatoms. The molecule has 3 nitrogen and oxygen atoms in total. The van der Waals surface area contributed by atoms with E-state index in [1.54, 1.807) is 18.2 Å². The van der Waals surface area contributed by atoms with Crippen molar-refractivity contribution in [2.45, 2.75) is 25.8 Å². The molecule has 0 aliphatic carbocycles. The molecule has 20 heavy (non-hydrogen) atoms. The van der Waals surface area contributed by atoms with Gasteiger partial charge in [-0.1, -0.05) is 31.5 Å². The van der Waals surface area contributed by atoms with Crippen LogP contribution in [0.5, 0.6) is 0 Å². The summed E-state index contributed by atoms with van der Waals surface area (Å²) in [7, 11) is 1.48. The zero-order valence-corrected chi connectivity index (χ0v) is 12.4. The maximum Gasteiger partial charge on any atom is 0.244 e. The van der Waals surface area contributed by atoms with Crippen LogP contribution < -0.4 is 5.32 Å². The molecule has 0 saturated carbocycles. The van der Waals surface area contributed by atoms with E-state index in [1.165, 1.54) is 25.3 Å². The van der Waals surface area contributed by atoms with Crippen molar-refractivity contribution < 1.29 is 13.9 Å². The largest absolute Gasteiger partial charge is 0.488 e. The van der Waals surface area contributed by atoms with E-state index < -0.39 is 0 Å². The number of carbonyl (C=O) groups excluding carboxylic acids is 1. The molecule has 0 aliphatic rings. The number of rotatable bonds is 6. The fraction of sp³-hybridized carbons (Fsp3) is 0.333. The average Bonchev–Trinajstić information content (AvgIpc) is 2.45. The molecular weight excluding hydrogens is 277 g/mol. The number of amides is 1. The van der Waals surface area contributed by atoms with E-state index in [2.05, 4.69) is 5.32 Å². The van der Waals surface area contributed by atoms with Crippen molar-refractivity contribution in [2.75, 3.05) is 7.11 Å². The zero-order chi connectivity index (χ0) is 15.0. The Hall–Kier alpha value is -1.75. The SMILES string of the molecule is CCC[C@H](NC(=O)C=Cc1ccccc1F)C(=S)OC. The number of thiocarbonyl (C=S) groups is 1. The smallest absolute Gasteiger partial charge is 0.244 e. The second-order valence-corrected chi connectivity index (χ2v) is 4.63. The van der Waals surface area contributed by atoms with Gasteiger partial charge in [0.15, 0.2) is 5.05 Å². The molecule has 0 spiro atoms. The first-order valence-corrected chi connectivity index (χ1v) is 6.80. The number of nitrogens with one attached hydrogen (secondary N) is 1. The van der Waals surface area contributed by atoms with Crippen molar-refractivity contribution in [3.05, 3.63) is 41.7 Å². The van der Waals surface area contributed by atoms with Crippen molar-refractivity contribution in [3.63, 3.8) is 0 Å². The maximum absolute atomic E-state index is 13.4. The monoisotopic (exact) mass is 295 g/mol. The Labute approximate surface area is 123 Å². The summed E-state index contributed by atoms with van der Waals surface area (Å²) in [4.78, 5) is 11.8. The lowest BCUT2D eigenvalue weighted by atomic mass is 10.1. The summed E-state index contributed by atoms with van der Waals surface area (Å²) < 4.78 is 18.4. The molecule has 108 valence electrons. The third kappa shape index (κ3) is 5.09. The number of carbonyl (C=O) groups is 1. The van der Waals surface area contributed by atoms with Crippen LogP contribution in [-0.4, -0.2) is 24.1 Å². The van der Waals surface area contributed by atoms with Crippen molar-refractivity contribution in [1.82, 2.24) is 5.32 Å². The van der Waals surface area contributed by atoms with E-state index in [9.17, 15) is 9.18 Å². The molecule has 0 aromatic heterocycles. The Morgan fingerprint density at radius 1 is 1.50 bits per heavy atom. The minimum Gasteiger partial charge on any atom is -0.488 e. The Morgan fingerprint density at radius 3 is 2.80 bits per heavy atom. The van der Waals surface area contributed by atoms with Crippen LogP contribution in [0, 0.1) is 5.82 Å². The Kier molecular flexibility index (Phi) is 6.87. The number of benzene rings is 1. The van der Waals surface area contributed by atoms with Crippen molar-refractivity contribution in [2.24, 2.45) is 0 Å². The van der Waals surface area contributed by atoms with E-state index in [4.69, 9.17) is 17.0 Å². The Balaban J connectivity index is 2.66. The molecule has 1 N–H and O–H groups in total. The predicted octanol–water partition coefficient (Wildman–Crippen LogP) is 3.10. The van der Waals surface area contributed by atoms with E-state index in [1.807, 2.05) is 6.92 Å². The summed E-state index contributed by atoms with van der Waals surface area (Å²) in [6.07, 6.45) is 4.29. The van der Waals surface area contributed by atoms with Crippen LogP contribution in [0.3, 0.4) is 0 Å². The molecule has 0 heterocycles. The zero-order valence-electron chi connectivity index (χ0n) is 11.6. The fourth-order valence-electron chi connectivity index (χ4n) is 1.68. The lowest BCUT2D eigenvalue weighted by Crippen LogP contribution is -2.39. The van der Waals surface area contributed by atoms with Gasteiger partial charge in [-0.15, -0.1) is 0 Å². The predicted molar refractivity (Wildman–Crippen MR) is 81.9 cm³/mol. The lowest BCUT2D eigenvalue weighted by Gasteiger charge is -2.16. The van der Waals surface area contributed by atoms with Crippen LogP contribution in [-0.2, 0) is 9.53 Å². The van der Waals surface area contributed by atoms with Crippen LogP contribution in [0.25, 0.3) is 6.08 Å². The third-order valence-corrected chi connectivity index (χ3v) is 3.15. The van der Waals surface area contributed by atoms with Crippen LogP contribution in [0.4, 0.5) is 4.39 Å². The van der Waals surface area contributed by atoms with Gasteiger partial charge in [-0.2, -0.15) is 0 Å². The molecule has 1 atom stereocenters. The molecule has 1 rings (SSSR count). The van der Waals surface area contributed by atoms with Crippen molar-refractivity contribution >= 4 is 29.3 Å². The average molecular weight is 295 g/mol. The Bertz CT molecular complexity index is 502. The quantitative estimate of drug-likeness (QED) is 0.647. The molecular formula is C15H18FNO2S. The summed E-state index contributed by atoms with van der Waals surface area (Å²) >= 11 is 5.04. The standard InChI is InChI=1S/C15H18FNO2S/c1-3-6-13(15(20)19-2)17-14(18)10-9-11-7-4-5-8-12(11)16/h4-5,7-10,13H,3,6H2,1-2H3,(H,17,18)/t13-/m0/s1. The molecule has 0 unspecified atom stereocenters. The normalized spacial score (nSPS) is 12.2. The third-order valence-electron chi connectivity index (χ3n) is 2.70. The van der Waals surface area contributed by atoms with Gasteiger partial charge in [0.25, 0.3) is 0 Å². The number of halogens is 1. The molecule has 0 bridgehead atoms. The Morgan fingerprint density at radius 2 is 2.20 bits per heavy atom. The van der Waals surface area contributed by atoms with Gasteiger partial charge in [-0.3, -0.25) is 4.79 Å². The minimum atomic E-state index is -0.367. The highest BCUT2D eigenvalue weighted by molar-refractivity contribution is 7.80. The van der Waals surface area contributed by atoms with E-state index in [0.29, 0.717) is 17.0 Å². The van der Waals surface area contributed by atoms with E-state index in [-0.39, 0.29) is 17.8 Å². The second-order valence-electron chi connectivity index (χ2n) is 4.23. The summed E-state index contributed by atoms with van der Waals surface area (Å²) in [5, 5.41) is 3.09. The number of hydrogen-bond acceptors (Lipinski definition) is 3. The summed E-state index contributed by atoms with van der Waals surface area (Å²) in [5.74, 6) is -0.694. The van der Waals surface area contributed by atoms with Crippen LogP contribution in [0.2, 0.25) is 0 Å². The van der Waals surface area contributed by atoms with Crippen LogP contribution in [0.1, 0.15) is 25.3 Å². The van der Waals surface area contributed by atoms with Crippen molar-refractivity contribution in [1.29, 1.82) is 0 Å². The van der Waals surface area contributed by atoms with Gasteiger partial charge in [0.05, 0.1) is 13.2 Å². The molecule has 1 amide bonds. The van der Waals surface area contributed by atoms with Gasteiger partial charge in [0.2, 0.25) is 5.91 Å². The first kappa shape index (κ1) is 16.3. The van der Waals surface area contributed by atoms with Gasteiger partial charge in [-0.05, 0) is 30.8 Å². The number of ether oxygens (including phenoxy) is 1. The molecule has 1 aromatic rings. The topological polar surface area (TPSA) is 38.3 Å². The highest BCUT2D eigenvalue weighted by atomic mass is 32.1. The molecule has 0 radical (unpaired) electrons. The van der Waals surface area contributed by atoms with Crippen LogP contribution in [0.15, 0.2) is 30.3 Å². The summed E-state index contributed by atoms with van der Waals surface area (Å²) in [5.41, 5.74) is 0.365. The van der Waals surface area contributed by atoms with Gasteiger partial charge in [0, 0.05) is 11.6 Å². The van der Waals surface area contributed by atoms with Gasteiger partial charge in [0.1, 0.15) is 5.82 Å².